The summed E-state index contributed by atoms with van der Waals surface area (Å²) >= 11 is 0. The first-order chi connectivity index (χ1) is 17.7. The highest BCUT2D eigenvalue weighted by Crippen LogP contribution is 2.35. The summed E-state index contributed by atoms with van der Waals surface area (Å²) in [5, 5.41) is 5.60. The van der Waals surface area contributed by atoms with Gasteiger partial charge >= 0.3 is 6.09 Å². The van der Waals surface area contributed by atoms with Crippen LogP contribution in [0.25, 0.3) is 22.3 Å². The molecule has 1 aliphatic rings. The number of nitrogen functional groups attached to an aromatic ring is 1. The van der Waals surface area contributed by atoms with Crippen LogP contribution in [-0.2, 0) is 4.74 Å². The molecule has 1 aliphatic heterocycles. The smallest absolute Gasteiger partial charge is 0.410 e. The van der Waals surface area contributed by atoms with Crippen molar-refractivity contribution in [3.8, 4) is 22.8 Å². The number of anilines is 1. The standard InChI is InChI=1S/C27H29FN6O3/c1-27(2,3)37-26(35)33-14-12-19(13-15-33)34-25-22(24(29)30-16-31-25)23(32-34)17-4-8-20(9-5-17)36-21-10-6-18(28)7-11-21/h4-11,16,19H,12-15H2,1-3H3,(H2,29,30,31). The van der Waals surface area contributed by atoms with E-state index in [0.29, 0.717) is 60.0 Å². The van der Waals surface area contributed by atoms with Gasteiger partial charge in [-0.1, -0.05) is 0 Å². The van der Waals surface area contributed by atoms with Gasteiger partial charge < -0.3 is 20.1 Å². The third-order valence-corrected chi connectivity index (χ3v) is 6.16. The molecule has 0 spiro atoms. The predicted octanol–water partition coefficient (Wildman–Crippen LogP) is 5.58. The Morgan fingerprint density at radius 3 is 2.24 bits per heavy atom. The number of carbonyl (C=O) groups excluding carboxylic acids is 1. The summed E-state index contributed by atoms with van der Waals surface area (Å²) in [5.74, 6) is 1.18. The first kappa shape index (κ1) is 24.5. The minimum Gasteiger partial charge on any atom is -0.457 e. The van der Waals surface area contributed by atoms with Crippen molar-refractivity contribution in [2.24, 2.45) is 0 Å². The van der Waals surface area contributed by atoms with Gasteiger partial charge in [-0.2, -0.15) is 5.10 Å². The van der Waals surface area contributed by atoms with Crippen molar-refractivity contribution < 1.29 is 18.7 Å². The number of halogens is 1. The van der Waals surface area contributed by atoms with E-state index < -0.39 is 5.60 Å². The predicted molar refractivity (Wildman–Crippen MR) is 138 cm³/mol. The zero-order valence-electron chi connectivity index (χ0n) is 21.0. The number of likely N-dealkylation sites (tertiary alicyclic amines) is 1. The highest BCUT2D eigenvalue weighted by Gasteiger charge is 2.30. The molecule has 5 rings (SSSR count). The topological polar surface area (TPSA) is 108 Å². The van der Waals surface area contributed by atoms with Crippen molar-refractivity contribution in [1.82, 2.24) is 24.6 Å². The number of piperidine rings is 1. The minimum absolute atomic E-state index is 0.0466. The summed E-state index contributed by atoms with van der Waals surface area (Å²) in [5.41, 5.74) is 7.91. The minimum atomic E-state index is -0.533. The molecule has 2 aromatic carbocycles. The van der Waals surface area contributed by atoms with E-state index in [1.54, 1.807) is 17.0 Å². The number of ether oxygens (including phenoxy) is 2. The number of hydrogen-bond donors (Lipinski definition) is 1. The molecule has 0 bridgehead atoms. The number of rotatable bonds is 4. The van der Waals surface area contributed by atoms with Gasteiger partial charge in [-0.3, -0.25) is 0 Å². The largest absolute Gasteiger partial charge is 0.457 e. The van der Waals surface area contributed by atoms with Gasteiger partial charge in [0.25, 0.3) is 0 Å². The van der Waals surface area contributed by atoms with Gasteiger partial charge in [-0.25, -0.2) is 23.8 Å². The Kier molecular flexibility index (Phi) is 6.41. The lowest BCUT2D eigenvalue weighted by molar-refractivity contribution is 0.0186. The van der Waals surface area contributed by atoms with Crippen LogP contribution in [0, 0.1) is 5.82 Å². The number of hydrogen-bond acceptors (Lipinski definition) is 7. The van der Waals surface area contributed by atoms with Crippen LogP contribution in [0.15, 0.2) is 54.9 Å². The fraction of sp³-hybridized carbons (Fsp3) is 0.333. The summed E-state index contributed by atoms with van der Waals surface area (Å²) in [6.45, 7) is 6.71. The van der Waals surface area contributed by atoms with Gasteiger partial charge in [0.15, 0.2) is 5.65 Å². The normalized spacial score (nSPS) is 14.6. The SMILES string of the molecule is CC(C)(C)OC(=O)N1CCC(n2nc(-c3ccc(Oc4ccc(F)cc4)cc3)c3c(N)ncnc32)CC1. The van der Waals surface area contributed by atoms with Crippen molar-refractivity contribution in [2.75, 3.05) is 18.8 Å². The van der Waals surface area contributed by atoms with Crippen LogP contribution in [0.3, 0.4) is 0 Å². The van der Waals surface area contributed by atoms with E-state index in [2.05, 4.69) is 9.97 Å². The maximum atomic E-state index is 13.2. The fourth-order valence-corrected chi connectivity index (χ4v) is 4.39. The van der Waals surface area contributed by atoms with Crippen molar-refractivity contribution >= 4 is 22.9 Å². The Balaban J connectivity index is 1.38. The molecule has 10 heteroatoms. The molecule has 0 aliphatic carbocycles. The van der Waals surface area contributed by atoms with Crippen LogP contribution >= 0.6 is 0 Å². The number of nitrogens with zero attached hydrogens (tertiary/aromatic N) is 5. The first-order valence-corrected chi connectivity index (χ1v) is 12.2. The number of nitrogens with two attached hydrogens (primary N) is 1. The number of fused-ring (bicyclic) bond motifs is 1. The molecule has 0 unspecified atom stereocenters. The molecule has 37 heavy (non-hydrogen) atoms. The molecular weight excluding hydrogens is 475 g/mol. The summed E-state index contributed by atoms with van der Waals surface area (Å²) < 4.78 is 26.4. The molecular formula is C27H29FN6O3. The van der Waals surface area contributed by atoms with E-state index >= 15 is 0 Å². The van der Waals surface area contributed by atoms with Gasteiger partial charge in [0, 0.05) is 18.7 Å². The van der Waals surface area contributed by atoms with E-state index in [9.17, 15) is 9.18 Å². The Labute approximate surface area is 214 Å². The summed E-state index contributed by atoms with van der Waals surface area (Å²) in [6, 6.07) is 13.3. The molecule has 4 aromatic rings. The van der Waals surface area contributed by atoms with Crippen LogP contribution < -0.4 is 10.5 Å². The molecule has 2 aromatic heterocycles. The quantitative estimate of drug-likeness (QED) is 0.386. The van der Waals surface area contributed by atoms with Crippen LogP contribution in [0.5, 0.6) is 11.5 Å². The summed E-state index contributed by atoms with van der Waals surface area (Å²) in [6.07, 6.45) is 2.56. The van der Waals surface area contributed by atoms with E-state index in [4.69, 9.17) is 20.3 Å². The summed E-state index contributed by atoms with van der Waals surface area (Å²) in [7, 11) is 0. The first-order valence-electron chi connectivity index (χ1n) is 12.2. The molecule has 1 fully saturated rings. The summed E-state index contributed by atoms with van der Waals surface area (Å²) in [4.78, 5) is 22.9. The third-order valence-electron chi connectivity index (χ3n) is 6.16. The highest BCUT2D eigenvalue weighted by atomic mass is 19.1. The zero-order chi connectivity index (χ0) is 26.2. The number of carbonyl (C=O) groups is 1. The van der Waals surface area contributed by atoms with Crippen molar-refractivity contribution in [3.63, 3.8) is 0 Å². The zero-order valence-corrected chi connectivity index (χ0v) is 21.0. The van der Waals surface area contributed by atoms with E-state index in [-0.39, 0.29) is 18.0 Å². The lowest BCUT2D eigenvalue weighted by Crippen LogP contribution is -2.42. The molecule has 3 heterocycles. The second-order valence-electron chi connectivity index (χ2n) is 10.0. The maximum absolute atomic E-state index is 13.2. The van der Waals surface area contributed by atoms with Gasteiger partial charge in [-0.05, 0) is 82.1 Å². The molecule has 0 atom stereocenters. The van der Waals surface area contributed by atoms with Gasteiger partial charge in [0.2, 0.25) is 0 Å². The van der Waals surface area contributed by atoms with Crippen molar-refractivity contribution in [3.05, 3.63) is 60.7 Å². The van der Waals surface area contributed by atoms with Crippen LogP contribution in [-0.4, -0.2) is 49.4 Å². The highest BCUT2D eigenvalue weighted by molar-refractivity contribution is 5.98. The Morgan fingerprint density at radius 1 is 1.00 bits per heavy atom. The molecule has 2 N–H and O–H groups in total. The van der Waals surface area contributed by atoms with Gasteiger partial charge in [0.05, 0.1) is 11.4 Å². The lowest BCUT2D eigenvalue weighted by Gasteiger charge is -2.33. The molecule has 192 valence electrons. The molecule has 0 saturated carbocycles. The maximum Gasteiger partial charge on any atom is 0.410 e. The van der Waals surface area contributed by atoms with Crippen LogP contribution in [0.2, 0.25) is 0 Å². The second kappa shape index (κ2) is 9.68. The fourth-order valence-electron chi connectivity index (χ4n) is 4.39. The molecule has 0 radical (unpaired) electrons. The van der Waals surface area contributed by atoms with Crippen molar-refractivity contribution in [2.45, 2.75) is 45.3 Å². The second-order valence-corrected chi connectivity index (χ2v) is 10.0. The van der Waals surface area contributed by atoms with Crippen LogP contribution in [0.1, 0.15) is 39.7 Å². The van der Waals surface area contributed by atoms with Gasteiger partial charge in [0.1, 0.15) is 40.8 Å². The average molecular weight is 505 g/mol. The average Bonchev–Trinajstić information content (AvgIpc) is 3.26. The van der Waals surface area contributed by atoms with E-state index in [1.807, 2.05) is 49.7 Å². The van der Waals surface area contributed by atoms with E-state index in [1.165, 1.54) is 18.5 Å². The molecule has 9 nitrogen and oxygen atoms in total. The molecule has 1 saturated heterocycles. The number of amides is 1. The van der Waals surface area contributed by atoms with Gasteiger partial charge in [-0.15, -0.1) is 0 Å². The third kappa shape index (κ3) is 5.32. The van der Waals surface area contributed by atoms with Crippen LogP contribution in [0.4, 0.5) is 15.0 Å². The van der Waals surface area contributed by atoms with Crippen molar-refractivity contribution in [1.29, 1.82) is 0 Å². The lowest BCUT2D eigenvalue weighted by atomic mass is 10.1. The molecule has 1 amide bonds. The number of benzene rings is 2. The van der Waals surface area contributed by atoms with E-state index in [0.717, 1.165) is 5.56 Å². The number of aromatic nitrogens is 4. The Bertz CT molecular complexity index is 1410. The monoisotopic (exact) mass is 504 g/mol. The Hall–Kier alpha value is -4.21. The Morgan fingerprint density at radius 2 is 1.62 bits per heavy atom.